The molecule has 17 heavy (non-hydrogen) atoms. The summed E-state index contributed by atoms with van der Waals surface area (Å²) in [5, 5.41) is 9.91. The van der Waals surface area contributed by atoms with Gasteiger partial charge in [-0.2, -0.15) is 0 Å². The number of nitrogens with zero attached hydrogens (tertiary/aromatic N) is 2. The second-order valence-electron chi connectivity index (χ2n) is 5.92. The van der Waals surface area contributed by atoms with Gasteiger partial charge in [0.1, 0.15) is 0 Å². The maximum absolute atomic E-state index is 9.91. The van der Waals surface area contributed by atoms with E-state index in [4.69, 9.17) is 0 Å². The fourth-order valence-electron chi connectivity index (χ4n) is 3.50. The summed E-state index contributed by atoms with van der Waals surface area (Å²) in [6.45, 7) is 7.03. The number of hydrogen-bond acceptors (Lipinski definition) is 3. The van der Waals surface area contributed by atoms with Crippen LogP contribution in [0, 0.1) is 5.92 Å². The molecule has 0 spiro atoms. The monoisotopic (exact) mass is 240 g/mol. The summed E-state index contributed by atoms with van der Waals surface area (Å²) in [6.07, 6.45) is 5.83. The largest absolute Gasteiger partial charge is 0.393 e. The third kappa shape index (κ3) is 3.43. The minimum absolute atomic E-state index is 0.0484. The predicted octanol–water partition coefficient (Wildman–Crippen LogP) is 1.56. The first-order valence-corrected chi connectivity index (χ1v) is 7.31. The summed E-state index contributed by atoms with van der Waals surface area (Å²) >= 11 is 0. The van der Waals surface area contributed by atoms with Gasteiger partial charge >= 0.3 is 0 Å². The Hall–Kier alpha value is -0.120. The Kier molecular flexibility index (Phi) is 4.83. The van der Waals surface area contributed by atoms with Crippen molar-refractivity contribution in [2.75, 3.05) is 33.2 Å². The van der Waals surface area contributed by atoms with E-state index < -0.39 is 0 Å². The highest BCUT2D eigenvalue weighted by molar-refractivity contribution is 4.88. The van der Waals surface area contributed by atoms with E-state index in [-0.39, 0.29) is 6.10 Å². The molecule has 2 aliphatic rings. The maximum atomic E-state index is 9.91. The van der Waals surface area contributed by atoms with Crippen LogP contribution < -0.4 is 0 Å². The SMILES string of the molecule is CCCC1CCC(O)CC1N1CCN(C)CC1. The van der Waals surface area contributed by atoms with Crippen molar-refractivity contribution in [3.8, 4) is 0 Å². The van der Waals surface area contributed by atoms with E-state index in [1.165, 1.54) is 45.4 Å². The van der Waals surface area contributed by atoms with Crippen LogP contribution in [0.15, 0.2) is 0 Å². The molecule has 0 aromatic carbocycles. The molecular formula is C14H28N2O. The number of piperazine rings is 1. The van der Waals surface area contributed by atoms with Crippen molar-refractivity contribution in [2.45, 2.75) is 51.2 Å². The highest BCUT2D eigenvalue weighted by Gasteiger charge is 2.34. The maximum Gasteiger partial charge on any atom is 0.0555 e. The van der Waals surface area contributed by atoms with Gasteiger partial charge in [0, 0.05) is 32.2 Å². The third-order valence-electron chi connectivity index (χ3n) is 4.59. The lowest BCUT2D eigenvalue weighted by Gasteiger charge is -2.44. The fourth-order valence-corrected chi connectivity index (χ4v) is 3.50. The van der Waals surface area contributed by atoms with Gasteiger partial charge in [-0.15, -0.1) is 0 Å². The van der Waals surface area contributed by atoms with Gasteiger partial charge in [0.15, 0.2) is 0 Å². The molecule has 100 valence electrons. The number of aliphatic hydroxyl groups is 1. The van der Waals surface area contributed by atoms with Crippen molar-refractivity contribution in [3.63, 3.8) is 0 Å². The normalized spacial score (nSPS) is 37.2. The molecule has 0 aromatic rings. The van der Waals surface area contributed by atoms with Crippen molar-refractivity contribution >= 4 is 0 Å². The summed E-state index contributed by atoms with van der Waals surface area (Å²) in [5.41, 5.74) is 0. The Morgan fingerprint density at radius 3 is 2.47 bits per heavy atom. The Balaban J connectivity index is 1.94. The molecule has 3 nitrogen and oxygen atoms in total. The van der Waals surface area contributed by atoms with Crippen LogP contribution in [0.25, 0.3) is 0 Å². The van der Waals surface area contributed by atoms with Crippen molar-refractivity contribution in [3.05, 3.63) is 0 Å². The first kappa shape index (κ1) is 13.3. The van der Waals surface area contributed by atoms with Crippen LogP contribution in [0.3, 0.4) is 0 Å². The van der Waals surface area contributed by atoms with E-state index in [9.17, 15) is 5.11 Å². The molecule has 3 heteroatoms. The van der Waals surface area contributed by atoms with Crippen LogP contribution in [0.2, 0.25) is 0 Å². The van der Waals surface area contributed by atoms with Crippen molar-refractivity contribution in [2.24, 2.45) is 5.92 Å². The van der Waals surface area contributed by atoms with E-state index in [0.717, 1.165) is 18.8 Å². The van der Waals surface area contributed by atoms with Gasteiger partial charge in [-0.1, -0.05) is 13.3 Å². The zero-order valence-corrected chi connectivity index (χ0v) is 11.4. The van der Waals surface area contributed by atoms with Crippen LogP contribution in [-0.4, -0.2) is 60.3 Å². The average Bonchev–Trinajstić information content (AvgIpc) is 2.33. The van der Waals surface area contributed by atoms with Gasteiger partial charge in [-0.3, -0.25) is 4.90 Å². The van der Waals surface area contributed by atoms with E-state index in [2.05, 4.69) is 23.8 Å². The zero-order valence-electron chi connectivity index (χ0n) is 11.4. The first-order valence-electron chi connectivity index (χ1n) is 7.31. The van der Waals surface area contributed by atoms with Gasteiger partial charge in [0.2, 0.25) is 0 Å². The van der Waals surface area contributed by atoms with Crippen LogP contribution >= 0.6 is 0 Å². The molecule has 1 aliphatic heterocycles. The standard InChI is InChI=1S/C14H28N2O/c1-3-4-12-5-6-13(17)11-14(12)16-9-7-15(2)8-10-16/h12-14,17H,3-11H2,1-2H3. The third-order valence-corrected chi connectivity index (χ3v) is 4.59. The smallest absolute Gasteiger partial charge is 0.0555 e. The summed E-state index contributed by atoms with van der Waals surface area (Å²) in [5.74, 6) is 0.826. The van der Waals surface area contributed by atoms with Crippen molar-refractivity contribution in [1.82, 2.24) is 9.80 Å². The second-order valence-corrected chi connectivity index (χ2v) is 5.92. The molecule has 1 saturated heterocycles. The molecule has 3 unspecified atom stereocenters. The van der Waals surface area contributed by atoms with Crippen LogP contribution in [0.5, 0.6) is 0 Å². The molecule has 1 heterocycles. The van der Waals surface area contributed by atoms with Crippen LogP contribution in [0.1, 0.15) is 39.0 Å². The number of rotatable bonds is 3. The van der Waals surface area contributed by atoms with Gasteiger partial charge in [-0.25, -0.2) is 0 Å². The fraction of sp³-hybridized carbons (Fsp3) is 1.00. The number of aliphatic hydroxyl groups excluding tert-OH is 1. The van der Waals surface area contributed by atoms with E-state index in [1.807, 2.05) is 0 Å². The van der Waals surface area contributed by atoms with Gasteiger partial charge in [0.05, 0.1) is 6.10 Å². The Morgan fingerprint density at radius 1 is 1.12 bits per heavy atom. The molecule has 2 rings (SSSR count). The lowest BCUT2D eigenvalue weighted by molar-refractivity contribution is 0.00510. The molecule has 0 aromatic heterocycles. The lowest BCUT2D eigenvalue weighted by atomic mass is 9.79. The van der Waals surface area contributed by atoms with Gasteiger partial charge in [-0.05, 0) is 38.6 Å². The van der Waals surface area contributed by atoms with Gasteiger partial charge in [0.25, 0.3) is 0 Å². The lowest BCUT2D eigenvalue weighted by Crippen LogP contribution is -2.53. The van der Waals surface area contributed by atoms with Crippen molar-refractivity contribution < 1.29 is 5.11 Å². The molecule has 3 atom stereocenters. The summed E-state index contributed by atoms with van der Waals surface area (Å²) < 4.78 is 0. The molecule has 1 saturated carbocycles. The molecule has 1 aliphatic carbocycles. The van der Waals surface area contributed by atoms with E-state index in [1.54, 1.807) is 0 Å². The quantitative estimate of drug-likeness (QED) is 0.811. The number of hydrogen-bond donors (Lipinski definition) is 1. The average molecular weight is 240 g/mol. The van der Waals surface area contributed by atoms with Crippen LogP contribution in [0.4, 0.5) is 0 Å². The summed E-state index contributed by atoms with van der Waals surface area (Å²) in [6, 6.07) is 0.646. The van der Waals surface area contributed by atoms with Gasteiger partial charge < -0.3 is 10.0 Å². The number of likely N-dealkylation sites (N-methyl/N-ethyl adjacent to an activating group) is 1. The predicted molar refractivity (Wildman–Crippen MR) is 71.1 cm³/mol. The Bertz CT molecular complexity index is 226. The minimum atomic E-state index is -0.0484. The molecule has 1 N–H and O–H groups in total. The first-order chi connectivity index (χ1) is 8.20. The van der Waals surface area contributed by atoms with E-state index >= 15 is 0 Å². The molecule has 0 bridgehead atoms. The molecular weight excluding hydrogens is 212 g/mol. The second kappa shape index (κ2) is 6.17. The van der Waals surface area contributed by atoms with Crippen LogP contribution in [-0.2, 0) is 0 Å². The Labute approximate surface area is 106 Å². The molecule has 2 fully saturated rings. The summed E-state index contributed by atoms with van der Waals surface area (Å²) in [4.78, 5) is 5.05. The topological polar surface area (TPSA) is 26.7 Å². The molecule has 0 radical (unpaired) electrons. The van der Waals surface area contributed by atoms with Crippen molar-refractivity contribution in [1.29, 1.82) is 0 Å². The highest BCUT2D eigenvalue weighted by atomic mass is 16.3. The summed E-state index contributed by atoms with van der Waals surface area (Å²) in [7, 11) is 2.20. The minimum Gasteiger partial charge on any atom is -0.393 e. The zero-order chi connectivity index (χ0) is 12.3. The molecule has 0 amide bonds. The highest BCUT2D eigenvalue weighted by Crippen LogP contribution is 2.32. The Morgan fingerprint density at radius 2 is 1.82 bits per heavy atom. The van der Waals surface area contributed by atoms with E-state index in [0.29, 0.717) is 6.04 Å².